The van der Waals surface area contributed by atoms with Crippen LogP contribution in [0.15, 0.2) is 30.3 Å². The van der Waals surface area contributed by atoms with Gasteiger partial charge in [-0.3, -0.25) is 4.79 Å². The lowest BCUT2D eigenvalue weighted by molar-refractivity contribution is -0.146. The van der Waals surface area contributed by atoms with Crippen LogP contribution in [0.5, 0.6) is 0 Å². The highest BCUT2D eigenvalue weighted by molar-refractivity contribution is 9.09. The van der Waals surface area contributed by atoms with Crippen molar-refractivity contribution in [2.45, 2.75) is 19.1 Å². The second-order valence-electron chi connectivity index (χ2n) is 3.18. The lowest BCUT2D eigenvalue weighted by Crippen LogP contribution is -2.32. The third-order valence-corrected chi connectivity index (χ3v) is 2.40. The van der Waals surface area contributed by atoms with E-state index < -0.39 is 6.04 Å². The number of halogens is 1. The van der Waals surface area contributed by atoms with Crippen LogP contribution in [0.1, 0.15) is 12.0 Å². The maximum absolute atomic E-state index is 11.3. The molecule has 0 heterocycles. The second-order valence-corrected chi connectivity index (χ2v) is 3.97. The molecule has 0 fully saturated rings. The third-order valence-electron chi connectivity index (χ3n) is 1.95. The number of ether oxygens (including phenoxy) is 1. The molecule has 0 radical (unpaired) electrons. The highest BCUT2D eigenvalue weighted by Gasteiger charge is 2.13. The molecular formula is C11H14BrNO2. The summed E-state index contributed by atoms with van der Waals surface area (Å²) in [7, 11) is 0. The minimum Gasteiger partial charge on any atom is -0.460 e. The van der Waals surface area contributed by atoms with Crippen LogP contribution < -0.4 is 5.73 Å². The molecule has 0 saturated heterocycles. The largest absolute Gasteiger partial charge is 0.460 e. The van der Waals surface area contributed by atoms with E-state index in [1.54, 1.807) is 0 Å². The number of esters is 1. The molecule has 0 spiro atoms. The van der Waals surface area contributed by atoms with Crippen LogP contribution in [0.25, 0.3) is 0 Å². The van der Waals surface area contributed by atoms with Crippen molar-refractivity contribution in [1.29, 1.82) is 0 Å². The van der Waals surface area contributed by atoms with Crippen LogP contribution in [-0.4, -0.2) is 17.3 Å². The number of rotatable bonds is 5. The van der Waals surface area contributed by atoms with Gasteiger partial charge in [0.1, 0.15) is 12.6 Å². The normalized spacial score (nSPS) is 12.1. The number of hydrogen-bond acceptors (Lipinski definition) is 3. The molecule has 0 unspecified atom stereocenters. The van der Waals surface area contributed by atoms with Crippen molar-refractivity contribution >= 4 is 21.9 Å². The van der Waals surface area contributed by atoms with Gasteiger partial charge in [-0.1, -0.05) is 46.3 Å². The van der Waals surface area contributed by atoms with E-state index in [1.807, 2.05) is 30.3 Å². The molecule has 0 aliphatic heterocycles. The predicted octanol–water partition coefficient (Wildman–Crippen LogP) is 1.84. The number of hydrogen-bond donors (Lipinski definition) is 1. The molecular weight excluding hydrogens is 258 g/mol. The van der Waals surface area contributed by atoms with Crippen molar-refractivity contribution in [3.05, 3.63) is 35.9 Å². The van der Waals surface area contributed by atoms with E-state index in [0.717, 1.165) is 5.56 Å². The summed E-state index contributed by atoms with van der Waals surface area (Å²) in [4.78, 5) is 11.3. The maximum atomic E-state index is 11.3. The topological polar surface area (TPSA) is 52.3 Å². The number of alkyl halides is 1. The van der Waals surface area contributed by atoms with Crippen LogP contribution in [-0.2, 0) is 16.1 Å². The fourth-order valence-corrected chi connectivity index (χ4v) is 1.56. The molecule has 15 heavy (non-hydrogen) atoms. The molecule has 0 bridgehead atoms. The lowest BCUT2D eigenvalue weighted by Gasteiger charge is -2.09. The van der Waals surface area contributed by atoms with E-state index >= 15 is 0 Å². The summed E-state index contributed by atoms with van der Waals surface area (Å²) < 4.78 is 5.06. The first kappa shape index (κ1) is 12.2. The second kappa shape index (κ2) is 6.58. The van der Waals surface area contributed by atoms with E-state index in [4.69, 9.17) is 10.5 Å². The Morgan fingerprint density at radius 3 is 2.67 bits per heavy atom. The highest BCUT2D eigenvalue weighted by Crippen LogP contribution is 2.03. The number of benzene rings is 1. The van der Waals surface area contributed by atoms with Crippen LogP contribution >= 0.6 is 15.9 Å². The zero-order chi connectivity index (χ0) is 11.1. The molecule has 82 valence electrons. The Bertz CT molecular complexity index is 303. The quantitative estimate of drug-likeness (QED) is 0.657. The zero-order valence-corrected chi connectivity index (χ0v) is 9.94. The van der Waals surface area contributed by atoms with Crippen molar-refractivity contribution in [1.82, 2.24) is 0 Å². The maximum Gasteiger partial charge on any atom is 0.323 e. The molecule has 0 aliphatic rings. The molecule has 1 aromatic carbocycles. The molecule has 2 N–H and O–H groups in total. The first-order chi connectivity index (χ1) is 7.24. The average molecular weight is 272 g/mol. The van der Waals surface area contributed by atoms with Gasteiger partial charge in [0, 0.05) is 5.33 Å². The molecule has 0 aromatic heterocycles. The SMILES string of the molecule is N[C@@H](CCBr)C(=O)OCc1ccccc1. The van der Waals surface area contributed by atoms with E-state index in [-0.39, 0.29) is 12.6 Å². The van der Waals surface area contributed by atoms with E-state index in [9.17, 15) is 4.79 Å². The van der Waals surface area contributed by atoms with Crippen LogP contribution in [0.2, 0.25) is 0 Å². The van der Waals surface area contributed by atoms with Crippen LogP contribution in [0.3, 0.4) is 0 Å². The smallest absolute Gasteiger partial charge is 0.323 e. The summed E-state index contributed by atoms with van der Waals surface area (Å²) in [5, 5.41) is 0.703. The molecule has 1 atom stereocenters. The predicted molar refractivity (Wildman–Crippen MR) is 62.6 cm³/mol. The first-order valence-electron chi connectivity index (χ1n) is 4.76. The molecule has 0 amide bonds. The minimum absolute atomic E-state index is 0.287. The molecule has 1 rings (SSSR count). The summed E-state index contributed by atoms with van der Waals surface area (Å²) in [5.74, 6) is -0.349. The Kier molecular flexibility index (Phi) is 5.36. The van der Waals surface area contributed by atoms with Crippen molar-refractivity contribution in [3.8, 4) is 0 Å². The Balaban J connectivity index is 2.34. The lowest BCUT2D eigenvalue weighted by atomic mass is 10.2. The summed E-state index contributed by atoms with van der Waals surface area (Å²) in [6.07, 6.45) is 0.591. The zero-order valence-electron chi connectivity index (χ0n) is 8.36. The first-order valence-corrected chi connectivity index (χ1v) is 5.88. The third kappa shape index (κ3) is 4.44. The van der Waals surface area contributed by atoms with Crippen LogP contribution in [0, 0.1) is 0 Å². The molecule has 3 nitrogen and oxygen atoms in total. The van der Waals surface area contributed by atoms with Crippen molar-refractivity contribution in [2.75, 3.05) is 5.33 Å². The van der Waals surface area contributed by atoms with Gasteiger partial charge >= 0.3 is 5.97 Å². The van der Waals surface area contributed by atoms with Gasteiger partial charge in [0.25, 0.3) is 0 Å². The average Bonchev–Trinajstić information content (AvgIpc) is 2.27. The number of carbonyl (C=O) groups is 1. The number of nitrogens with two attached hydrogens (primary N) is 1. The van der Waals surface area contributed by atoms with Gasteiger partial charge in [0.05, 0.1) is 0 Å². The van der Waals surface area contributed by atoms with E-state index in [2.05, 4.69) is 15.9 Å². The van der Waals surface area contributed by atoms with Gasteiger partial charge in [0.15, 0.2) is 0 Å². The van der Waals surface area contributed by atoms with Crippen LogP contribution in [0.4, 0.5) is 0 Å². The fourth-order valence-electron chi connectivity index (χ4n) is 1.07. The Hall–Kier alpha value is -0.870. The van der Waals surface area contributed by atoms with Gasteiger partial charge in [-0.05, 0) is 12.0 Å². The summed E-state index contributed by atoms with van der Waals surface area (Å²) >= 11 is 3.23. The Morgan fingerprint density at radius 1 is 1.40 bits per heavy atom. The van der Waals surface area contributed by atoms with E-state index in [1.165, 1.54) is 0 Å². The summed E-state index contributed by atoms with van der Waals surface area (Å²) in [6, 6.07) is 9.01. The Labute approximate surface area is 97.7 Å². The minimum atomic E-state index is -0.534. The molecule has 4 heteroatoms. The van der Waals surface area contributed by atoms with Gasteiger partial charge in [-0.2, -0.15) is 0 Å². The highest BCUT2D eigenvalue weighted by atomic mass is 79.9. The van der Waals surface area contributed by atoms with Crippen molar-refractivity contribution in [2.24, 2.45) is 5.73 Å². The monoisotopic (exact) mass is 271 g/mol. The van der Waals surface area contributed by atoms with E-state index in [0.29, 0.717) is 11.8 Å². The van der Waals surface area contributed by atoms with Crippen molar-refractivity contribution < 1.29 is 9.53 Å². The molecule has 1 aromatic rings. The fraction of sp³-hybridized carbons (Fsp3) is 0.364. The number of carbonyl (C=O) groups excluding carboxylic acids is 1. The molecule has 0 aliphatic carbocycles. The van der Waals surface area contributed by atoms with Gasteiger partial charge < -0.3 is 10.5 Å². The standard InChI is InChI=1S/C11H14BrNO2/c12-7-6-10(13)11(14)15-8-9-4-2-1-3-5-9/h1-5,10H,6-8,13H2/t10-/m0/s1. The summed E-state index contributed by atoms with van der Waals surface area (Å²) in [5.41, 5.74) is 6.56. The van der Waals surface area contributed by atoms with Gasteiger partial charge in [0.2, 0.25) is 0 Å². The van der Waals surface area contributed by atoms with Gasteiger partial charge in [-0.15, -0.1) is 0 Å². The Morgan fingerprint density at radius 2 is 2.07 bits per heavy atom. The van der Waals surface area contributed by atoms with Gasteiger partial charge in [-0.25, -0.2) is 0 Å². The van der Waals surface area contributed by atoms with Crippen molar-refractivity contribution in [3.63, 3.8) is 0 Å². The molecule has 0 saturated carbocycles. The summed E-state index contributed by atoms with van der Waals surface area (Å²) in [6.45, 7) is 0.287.